The highest BCUT2D eigenvalue weighted by Gasteiger charge is 2.26. The van der Waals surface area contributed by atoms with Gasteiger partial charge in [0.2, 0.25) is 5.91 Å². The number of aryl methyl sites for hydroxylation is 1. The van der Waals surface area contributed by atoms with E-state index in [1.54, 1.807) is 11.7 Å². The Morgan fingerprint density at radius 3 is 3.15 bits per heavy atom. The molecule has 0 saturated carbocycles. The van der Waals surface area contributed by atoms with Crippen molar-refractivity contribution in [3.05, 3.63) is 12.5 Å². The van der Waals surface area contributed by atoms with Gasteiger partial charge in [-0.25, -0.2) is 9.97 Å². The molecular weight excluding hydrogens is 258 g/mol. The topological polar surface area (TPSA) is 88.0 Å². The fraction of sp³-hybridized carbons (Fsp3) is 0.500. The van der Waals surface area contributed by atoms with E-state index in [9.17, 15) is 4.79 Å². The molecule has 0 bridgehead atoms. The number of hydrogen-bond donors (Lipinski definition) is 2. The second-order valence-electron chi connectivity index (χ2n) is 4.80. The van der Waals surface area contributed by atoms with Crippen molar-refractivity contribution < 1.29 is 4.79 Å². The number of aromatic nitrogens is 4. The first-order valence-corrected chi connectivity index (χ1v) is 6.53. The Balaban J connectivity index is 1.92. The second-order valence-corrected chi connectivity index (χ2v) is 4.80. The molecule has 3 rings (SSSR count). The smallest absolute Gasteiger partial charge is 0.238 e. The Kier molecular flexibility index (Phi) is 3.23. The summed E-state index contributed by atoms with van der Waals surface area (Å²) in [6.07, 6.45) is 3.42. The van der Waals surface area contributed by atoms with Gasteiger partial charge >= 0.3 is 0 Å². The Labute approximate surface area is 116 Å². The minimum absolute atomic E-state index is 0.00816. The molecule has 0 radical (unpaired) electrons. The molecule has 0 aromatic carbocycles. The van der Waals surface area contributed by atoms with Crippen molar-refractivity contribution in [3.8, 4) is 0 Å². The standard InChI is InChI=1S/C12H17N7O/c1-13-12(20)9-6-19(4-3-14-9)11-8-5-18(2)17-10(8)15-7-16-11/h5,7,9,14H,3-4,6H2,1-2H3,(H,13,20). The first-order valence-electron chi connectivity index (χ1n) is 6.53. The minimum Gasteiger partial charge on any atom is -0.358 e. The van der Waals surface area contributed by atoms with Gasteiger partial charge in [-0.3, -0.25) is 9.48 Å². The quantitative estimate of drug-likeness (QED) is 0.722. The lowest BCUT2D eigenvalue weighted by Crippen LogP contribution is -2.57. The third kappa shape index (κ3) is 2.18. The van der Waals surface area contributed by atoms with Crippen molar-refractivity contribution in [3.63, 3.8) is 0 Å². The van der Waals surface area contributed by atoms with Crippen molar-refractivity contribution in [2.24, 2.45) is 7.05 Å². The molecule has 1 atom stereocenters. The normalized spacial score (nSPS) is 19.3. The molecule has 2 aromatic rings. The summed E-state index contributed by atoms with van der Waals surface area (Å²) in [5.41, 5.74) is 0.674. The largest absolute Gasteiger partial charge is 0.358 e. The fourth-order valence-corrected chi connectivity index (χ4v) is 2.48. The van der Waals surface area contributed by atoms with E-state index in [1.165, 1.54) is 6.33 Å². The van der Waals surface area contributed by atoms with Crippen LogP contribution in [0.15, 0.2) is 12.5 Å². The summed E-state index contributed by atoms with van der Waals surface area (Å²) >= 11 is 0. The Morgan fingerprint density at radius 2 is 2.35 bits per heavy atom. The van der Waals surface area contributed by atoms with Crippen LogP contribution in [-0.4, -0.2) is 58.4 Å². The molecule has 1 unspecified atom stereocenters. The summed E-state index contributed by atoms with van der Waals surface area (Å²) in [5, 5.41) is 11.1. The summed E-state index contributed by atoms with van der Waals surface area (Å²) in [6.45, 7) is 2.12. The van der Waals surface area contributed by atoms with E-state index in [1.807, 2.05) is 13.2 Å². The van der Waals surface area contributed by atoms with Crippen molar-refractivity contribution in [1.82, 2.24) is 30.4 Å². The van der Waals surface area contributed by atoms with Gasteiger partial charge in [0.05, 0.1) is 5.39 Å². The van der Waals surface area contributed by atoms with Crippen LogP contribution in [0.2, 0.25) is 0 Å². The SMILES string of the molecule is CNC(=O)C1CN(c2ncnc3nn(C)cc23)CCN1. The lowest BCUT2D eigenvalue weighted by atomic mass is 10.2. The second kappa shape index (κ2) is 5.04. The van der Waals surface area contributed by atoms with Gasteiger partial charge in [-0.05, 0) is 0 Å². The first-order chi connectivity index (χ1) is 9.69. The predicted octanol–water partition coefficient (Wildman–Crippen LogP) is -1.11. The number of hydrogen-bond acceptors (Lipinski definition) is 6. The van der Waals surface area contributed by atoms with Crippen molar-refractivity contribution >= 4 is 22.8 Å². The molecule has 2 aromatic heterocycles. The highest BCUT2D eigenvalue weighted by atomic mass is 16.2. The van der Waals surface area contributed by atoms with Gasteiger partial charge in [0.1, 0.15) is 18.2 Å². The number of rotatable bonds is 2. The van der Waals surface area contributed by atoms with E-state index in [-0.39, 0.29) is 11.9 Å². The lowest BCUT2D eigenvalue weighted by molar-refractivity contribution is -0.122. The van der Waals surface area contributed by atoms with Crippen LogP contribution in [-0.2, 0) is 11.8 Å². The van der Waals surface area contributed by atoms with Crippen LogP contribution in [0.25, 0.3) is 11.0 Å². The van der Waals surface area contributed by atoms with Gasteiger partial charge in [0, 0.05) is 39.9 Å². The number of carbonyl (C=O) groups excluding carboxylic acids is 1. The maximum Gasteiger partial charge on any atom is 0.238 e. The lowest BCUT2D eigenvalue weighted by Gasteiger charge is -2.33. The van der Waals surface area contributed by atoms with Crippen LogP contribution in [0.3, 0.4) is 0 Å². The van der Waals surface area contributed by atoms with Crippen LogP contribution in [0.1, 0.15) is 0 Å². The number of amides is 1. The van der Waals surface area contributed by atoms with Gasteiger partial charge in [-0.2, -0.15) is 5.10 Å². The molecule has 1 aliphatic rings. The zero-order valence-corrected chi connectivity index (χ0v) is 11.5. The zero-order chi connectivity index (χ0) is 14.1. The van der Waals surface area contributed by atoms with E-state index in [0.29, 0.717) is 12.2 Å². The monoisotopic (exact) mass is 275 g/mol. The van der Waals surface area contributed by atoms with Crippen LogP contribution in [0.4, 0.5) is 5.82 Å². The Morgan fingerprint density at radius 1 is 1.50 bits per heavy atom. The summed E-state index contributed by atoms with van der Waals surface area (Å²) in [7, 11) is 3.50. The Bertz CT molecular complexity index is 638. The first kappa shape index (κ1) is 12.8. The van der Waals surface area contributed by atoms with E-state index >= 15 is 0 Å². The van der Waals surface area contributed by atoms with Crippen LogP contribution < -0.4 is 15.5 Å². The number of anilines is 1. The third-order valence-electron chi connectivity index (χ3n) is 3.45. The molecule has 1 amide bonds. The molecule has 106 valence electrons. The highest BCUT2D eigenvalue weighted by Crippen LogP contribution is 2.22. The predicted molar refractivity (Wildman–Crippen MR) is 74.4 cm³/mol. The zero-order valence-electron chi connectivity index (χ0n) is 11.5. The van der Waals surface area contributed by atoms with Gasteiger partial charge in [0.15, 0.2) is 5.65 Å². The van der Waals surface area contributed by atoms with Gasteiger partial charge in [-0.1, -0.05) is 0 Å². The number of nitrogens with one attached hydrogen (secondary N) is 2. The summed E-state index contributed by atoms with van der Waals surface area (Å²) in [4.78, 5) is 22.4. The van der Waals surface area contributed by atoms with E-state index in [4.69, 9.17) is 0 Å². The summed E-state index contributed by atoms with van der Waals surface area (Å²) in [5.74, 6) is 0.824. The Hall–Kier alpha value is -2.22. The summed E-state index contributed by atoms with van der Waals surface area (Å²) in [6, 6.07) is -0.226. The average molecular weight is 275 g/mol. The van der Waals surface area contributed by atoms with Crippen LogP contribution in [0, 0.1) is 0 Å². The van der Waals surface area contributed by atoms with E-state index in [0.717, 1.165) is 24.3 Å². The van der Waals surface area contributed by atoms with Crippen LogP contribution in [0.5, 0.6) is 0 Å². The maximum absolute atomic E-state index is 11.8. The molecule has 8 nitrogen and oxygen atoms in total. The van der Waals surface area contributed by atoms with Gasteiger partial charge in [-0.15, -0.1) is 0 Å². The maximum atomic E-state index is 11.8. The van der Waals surface area contributed by atoms with Crippen molar-refractivity contribution in [1.29, 1.82) is 0 Å². The number of nitrogens with zero attached hydrogens (tertiary/aromatic N) is 5. The van der Waals surface area contributed by atoms with E-state index in [2.05, 4.69) is 30.6 Å². The van der Waals surface area contributed by atoms with Crippen molar-refractivity contribution in [2.75, 3.05) is 31.6 Å². The molecule has 2 N–H and O–H groups in total. The molecule has 3 heterocycles. The number of fused-ring (bicyclic) bond motifs is 1. The number of likely N-dealkylation sites (N-methyl/N-ethyl adjacent to an activating group) is 1. The molecule has 0 aliphatic carbocycles. The fourth-order valence-electron chi connectivity index (χ4n) is 2.48. The molecule has 20 heavy (non-hydrogen) atoms. The average Bonchev–Trinajstić information content (AvgIpc) is 2.86. The molecular formula is C12H17N7O. The molecule has 1 saturated heterocycles. The summed E-state index contributed by atoms with van der Waals surface area (Å²) < 4.78 is 1.72. The van der Waals surface area contributed by atoms with Gasteiger partial charge < -0.3 is 15.5 Å². The highest BCUT2D eigenvalue weighted by molar-refractivity contribution is 5.87. The molecule has 1 aliphatic heterocycles. The van der Waals surface area contributed by atoms with E-state index < -0.39 is 0 Å². The van der Waals surface area contributed by atoms with Crippen LogP contribution >= 0.6 is 0 Å². The number of piperazine rings is 1. The van der Waals surface area contributed by atoms with Crippen molar-refractivity contribution in [2.45, 2.75) is 6.04 Å². The molecule has 0 spiro atoms. The van der Waals surface area contributed by atoms with Gasteiger partial charge in [0.25, 0.3) is 0 Å². The molecule has 8 heteroatoms. The molecule has 1 fully saturated rings. The number of carbonyl (C=O) groups is 1. The minimum atomic E-state index is -0.226. The third-order valence-corrected chi connectivity index (χ3v) is 3.45.